The lowest BCUT2D eigenvalue weighted by Crippen LogP contribution is -2.46. The summed E-state index contributed by atoms with van der Waals surface area (Å²) >= 11 is 0. The van der Waals surface area contributed by atoms with Crippen LogP contribution in [0.3, 0.4) is 0 Å². The van der Waals surface area contributed by atoms with Crippen LogP contribution in [0.4, 0.5) is 0 Å². The summed E-state index contributed by atoms with van der Waals surface area (Å²) in [5.74, 6) is -2.02. The highest BCUT2D eigenvalue weighted by Gasteiger charge is 2.39. The summed E-state index contributed by atoms with van der Waals surface area (Å²) in [5, 5.41) is 3.04. The maximum absolute atomic E-state index is 11.9. The molecule has 2 atom stereocenters. The van der Waals surface area contributed by atoms with Gasteiger partial charge in [0.2, 0.25) is 0 Å². The topological polar surface area (TPSA) is 81.7 Å². The number of carbonyl (C=O) groups excluding carboxylic acids is 3. The van der Waals surface area contributed by atoms with Crippen LogP contribution in [0.25, 0.3) is 0 Å². The van der Waals surface area contributed by atoms with E-state index in [2.05, 4.69) is 10.1 Å². The first-order valence-electron chi connectivity index (χ1n) is 6.47. The second-order valence-corrected chi connectivity index (χ2v) is 5.09. The van der Waals surface area contributed by atoms with Crippen LogP contribution in [-0.4, -0.2) is 37.1 Å². The van der Waals surface area contributed by atoms with E-state index in [-0.39, 0.29) is 12.4 Å². The van der Waals surface area contributed by atoms with Crippen molar-refractivity contribution in [2.45, 2.75) is 45.1 Å². The minimum atomic E-state index is -0.766. The van der Waals surface area contributed by atoms with Crippen LogP contribution < -0.4 is 5.32 Å². The molecule has 0 amide bonds. The molecule has 1 unspecified atom stereocenters. The minimum absolute atomic E-state index is 0.135. The summed E-state index contributed by atoms with van der Waals surface area (Å²) in [6.07, 6.45) is 1.99. The average molecular weight is 271 g/mol. The molecule has 0 aliphatic carbocycles. The van der Waals surface area contributed by atoms with Gasteiger partial charge in [0.25, 0.3) is 0 Å². The summed E-state index contributed by atoms with van der Waals surface area (Å²) in [5.41, 5.74) is -0.766. The predicted molar refractivity (Wildman–Crippen MR) is 67.2 cm³/mol. The number of methoxy groups -OCH3 is 1. The maximum Gasteiger partial charge on any atom is 0.333 e. The van der Waals surface area contributed by atoms with E-state index in [9.17, 15) is 14.4 Å². The van der Waals surface area contributed by atoms with Gasteiger partial charge in [-0.05, 0) is 32.7 Å². The van der Waals surface area contributed by atoms with Crippen LogP contribution >= 0.6 is 0 Å². The fourth-order valence-electron chi connectivity index (χ4n) is 1.93. The number of hydrogen-bond acceptors (Lipinski definition) is 6. The van der Waals surface area contributed by atoms with Crippen molar-refractivity contribution in [3.63, 3.8) is 0 Å². The van der Waals surface area contributed by atoms with Crippen molar-refractivity contribution in [2.24, 2.45) is 5.92 Å². The standard InChI is InChI=1S/C13H21NO5/c1-9(5-6-10(15)18-3)11(16)19-12(17)13(2)7-4-8-14-13/h9,14H,4-8H2,1-3H3/t9?,13-/m0/s1. The van der Waals surface area contributed by atoms with Gasteiger partial charge in [0.15, 0.2) is 0 Å². The molecule has 1 saturated heterocycles. The molecular formula is C13H21NO5. The number of ether oxygens (including phenoxy) is 2. The molecular weight excluding hydrogens is 250 g/mol. The van der Waals surface area contributed by atoms with E-state index in [1.807, 2.05) is 0 Å². The number of esters is 3. The third-order valence-electron chi connectivity index (χ3n) is 3.42. The molecule has 0 spiro atoms. The Hall–Kier alpha value is -1.43. The third-order valence-corrected chi connectivity index (χ3v) is 3.42. The number of rotatable bonds is 5. The Balaban J connectivity index is 2.41. The molecule has 1 N–H and O–H groups in total. The van der Waals surface area contributed by atoms with Gasteiger partial charge in [-0.3, -0.25) is 9.59 Å². The SMILES string of the molecule is COC(=O)CCC(C)C(=O)OC(=O)[C@]1(C)CCCN1. The highest BCUT2D eigenvalue weighted by Crippen LogP contribution is 2.21. The summed E-state index contributed by atoms with van der Waals surface area (Å²) in [4.78, 5) is 34.6. The van der Waals surface area contributed by atoms with Crippen LogP contribution in [0.2, 0.25) is 0 Å². The highest BCUT2D eigenvalue weighted by atomic mass is 16.6. The first-order chi connectivity index (χ1) is 8.89. The smallest absolute Gasteiger partial charge is 0.333 e. The van der Waals surface area contributed by atoms with Crippen molar-refractivity contribution in [1.29, 1.82) is 0 Å². The Morgan fingerprint density at radius 1 is 1.37 bits per heavy atom. The summed E-state index contributed by atoms with van der Waals surface area (Å²) in [6, 6.07) is 0. The quantitative estimate of drug-likeness (QED) is 0.588. The summed E-state index contributed by atoms with van der Waals surface area (Å²) < 4.78 is 9.36. The Labute approximate surface area is 112 Å². The van der Waals surface area contributed by atoms with Gasteiger partial charge in [-0.15, -0.1) is 0 Å². The molecule has 1 aliphatic rings. The predicted octanol–water partition coefficient (Wildman–Crippen LogP) is 0.788. The van der Waals surface area contributed by atoms with Crippen molar-refractivity contribution in [3.05, 3.63) is 0 Å². The van der Waals surface area contributed by atoms with Gasteiger partial charge < -0.3 is 14.8 Å². The maximum atomic E-state index is 11.9. The van der Waals surface area contributed by atoms with Gasteiger partial charge in [0.05, 0.1) is 13.0 Å². The molecule has 6 heteroatoms. The zero-order chi connectivity index (χ0) is 14.5. The van der Waals surface area contributed by atoms with E-state index in [4.69, 9.17) is 4.74 Å². The molecule has 1 aliphatic heterocycles. The monoisotopic (exact) mass is 271 g/mol. The Kier molecular flexibility index (Phi) is 5.47. The molecule has 108 valence electrons. The number of carbonyl (C=O) groups is 3. The van der Waals surface area contributed by atoms with Crippen molar-refractivity contribution in [2.75, 3.05) is 13.7 Å². The van der Waals surface area contributed by atoms with E-state index >= 15 is 0 Å². The van der Waals surface area contributed by atoms with Gasteiger partial charge in [-0.2, -0.15) is 0 Å². The Morgan fingerprint density at radius 2 is 2.05 bits per heavy atom. The van der Waals surface area contributed by atoms with Crippen LogP contribution in [0.1, 0.15) is 39.5 Å². The zero-order valence-corrected chi connectivity index (χ0v) is 11.7. The van der Waals surface area contributed by atoms with Gasteiger partial charge in [0.1, 0.15) is 5.54 Å². The fourth-order valence-corrected chi connectivity index (χ4v) is 1.93. The fraction of sp³-hybridized carbons (Fsp3) is 0.769. The first-order valence-corrected chi connectivity index (χ1v) is 6.47. The van der Waals surface area contributed by atoms with Crippen LogP contribution in [0.15, 0.2) is 0 Å². The van der Waals surface area contributed by atoms with Crippen molar-refractivity contribution >= 4 is 17.9 Å². The lowest BCUT2D eigenvalue weighted by Gasteiger charge is -2.21. The number of nitrogens with one attached hydrogen (secondary N) is 1. The zero-order valence-electron chi connectivity index (χ0n) is 11.7. The lowest BCUT2D eigenvalue weighted by atomic mass is 10.0. The van der Waals surface area contributed by atoms with Gasteiger partial charge in [-0.25, -0.2) is 4.79 Å². The third kappa shape index (κ3) is 4.31. The van der Waals surface area contributed by atoms with Crippen LogP contribution in [-0.2, 0) is 23.9 Å². The van der Waals surface area contributed by atoms with Crippen molar-refractivity contribution < 1.29 is 23.9 Å². The van der Waals surface area contributed by atoms with E-state index < -0.39 is 23.4 Å². The minimum Gasteiger partial charge on any atom is -0.469 e. The van der Waals surface area contributed by atoms with Gasteiger partial charge in [0, 0.05) is 6.42 Å². The largest absolute Gasteiger partial charge is 0.469 e. The normalized spacial score (nSPS) is 23.7. The molecule has 1 fully saturated rings. The van der Waals surface area contributed by atoms with Crippen molar-refractivity contribution in [1.82, 2.24) is 5.32 Å². The lowest BCUT2D eigenvalue weighted by molar-refractivity contribution is -0.166. The Morgan fingerprint density at radius 3 is 2.58 bits per heavy atom. The van der Waals surface area contributed by atoms with Crippen LogP contribution in [0, 0.1) is 5.92 Å². The molecule has 1 heterocycles. The van der Waals surface area contributed by atoms with E-state index in [0.717, 1.165) is 13.0 Å². The molecule has 6 nitrogen and oxygen atoms in total. The molecule has 0 aromatic heterocycles. The summed E-state index contributed by atoms with van der Waals surface area (Å²) in [7, 11) is 1.29. The van der Waals surface area contributed by atoms with Crippen molar-refractivity contribution in [3.8, 4) is 0 Å². The molecule has 0 aromatic rings. The molecule has 0 saturated carbocycles. The average Bonchev–Trinajstić information content (AvgIpc) is 2.83. The van der Waals surface area contributed by atoms with Crippen LogP contribution in [0.5, 0.6) is 0 Å². The second kappa shape index (κ2) is 6.65. The molecule has 0 radical (unpaired) electrons. The molecule has 0 aromatic carbocycles. The molecule has 1 rings (SSSR count). The summed E-state index contributed by atoms with van der Waals surface area (Å²) in [6.45, 7) is 4.11. The first kappa shape index (κ1) is 15.6. The molecule has 19 heavy (non-hydrogen) atoms. The van der Waals surface area contributed by atoms with E-state index in [1.54, 1.807) is 13.8 Å². The number of hydrogen-bond donors (Lipinski definition) is 1. The van der Waals surface area contributed by atoms with E-state index in [1.165, 1.54) is 7.11 Å². The second-order valence-electron chi connectivity index (χ2n) is 5.09. The Bertz CT molecular complexity index is 360. The molecule has 0 bridgehead atoms. The highest BCUT2D eigenvalue weighted by molar-refractivity contribution is 5.92. The van der Waals surface area contributed by atoms with Gasteiger partial charge >= 0.3 is 17.9 Å². The van der Waals surface area contributed by atoms with Gasteiger partial charge in [-0.1, -0.05) is 6.92 Å². The van der Waals surface area contributed by atoms with E-state index in [0.29, 0.717) is 12.8 Å².